The molecular weight excluding hydrogens is 368 g/mol. The molecule has 0 bridgehead atoms. The summed E-state index contributed by atoms with van der Waals surface area (Å²) in [5.74, 6) is -0.816. The van der Waals surface area contributed by atoms with Gasteiger partial charge in [0, 0.05) is 23.5 Å². The Hall–Kier alpha value is -2.75. The van der Waals surface area contributed by atoms with E-state index in [2.05, 4.69) is 20.9 Å². The molecule has 2 aromatic rings. The molecule has 0 aliphatic carbocycles. The first-order chi connectivity index (χ1) is 12.8. The highest BCUT2D eigenvalue weighted by Gasteiger charge is 2.39. The van der Waals surface area contributed by atoms with E-state index in [0.717, 1.165) is 9.78 Å². The Kier molecular flexibility index (Phi) is 5.54. The molecule has 0 unspecified atom stereocenters. The van der Waals surface area contributed by atoms with E-state index in [9.17, 15) is 14.4 Å². The quantitative estimate of drug-likeness (QED) is 0.692. The van der Waals surface area contributed by atoms with Crippen molar-refractivity contribution < 1.29 is 14.4 Å². The lowest BCUT2D eigenvalue weighted by Gasteiger charge is -2.16. The number of nitrogens with one attached hydrogen (secondary N) is 2. The highest BCUT2D eigenvalue weighted by atomic mass is 32.1. The smallest absolute Gasteiger partial charge is 0.325 e. The zero-order valence-corrected chi connectivity index (χ0v) is 16.2. The van der Waals surface area contributed by atoms with E-state index in [4.69, 9.17) is 0 Å². The summed E-state index contributed by atoms with van der Waals surface area (Å²) in [4.78, 5) is 38.8. The molecule has 2 atom stereocenters. The Bertz CT molecular complexity index is 832. The monoisotopic (exact) mass is 390 g/mol. The van der Waals surface area contributed by atoms with Gasteiger partial charge in [0.05, 0.1) is 11.7 Å². The minimum atomic E-state index is -0.739. The number of nitrogens with zero attached hydrogens (tertiary/aromatic N) is 4. The third-order valence-corrected chi connectivity index (χ3v) is 5.31. The first kappa shape index (κ1) is 19.0. The number of amides is 4. The lowest BCUT2D eigenvalue weighted by molar-refractivity contribution is -0.132. The van der Waals surface area contributed by atoms with Gasteiger partial charge < -0.3 is 10.6 Å². The first-order valence-corrected chi connectivity index (χ1v) is 9.58. The zero-order valence-electron chi connectivity index (χ0n) is 15.4. The molecule has 4 amide bonds. The Morgan fingerprint density at radius 3 is 2.78 bits per heavy atom. The number of imide groups is 1. The lowest BCUT2D eigenvalue weighted by Crippen LogP contribution is -2.41. The maximum Gasteiger partial charge on any atom is 0.325 e. The minimum absolute atomic E-state index is 0.158. The van der Waals surface area contributed by atoms with Crippen LogP contribution in [0.15, 0.2) is 23.7 Å². The molecule has 3 heterocycles. The second-order valence-electron chi connectivity index (χ2n) is 6.72. The van der Waals surface area contributed by atoms with Gasteiger partial charge in [0.1, 0.15) is 12.6 Å². The molecule has 10 heteroatoms. The van der Waals surface area contributed by atoms with Crippen molar-refractivity contribution >= 4 is 29.2 Å². The number of thiophene rings is 1. The summed E-state index contributed by atoms with van der Waals surface area (Å²) in [7, 11) is 0. The number of urea groups is 1. The highest BCUT2D eigenvalue weighted by molar-refractivity contribution is 7.10. The van der Waals surface area contributed by atoms with E-state index in [1.807, 2.05) is 38.3 Å². The second-order valence-corrected chi connectivity index (χ2v) is 7.70. The topological polar surface area (TPSA) is 109 Å². The fraction of sp³-hybridized carbons (Fsp3) is 0.471. The van der Waals surface area contributed by atoms with Gasteiger partial charge in [0.25, 0.3) is 5.91 Å². The second kappa shape index (κ2) is 7.87. The van der Waals surface area contributed by atoms with E-state index in [1.54, 1.807) is 10.9 Å². The summed E-state index contributed by atoms with van der Waals surface area (Å²) in [6.07, 6.45) is 1.99. The van der Waals surface area contributed by atoms with Crippen molar-refractivity contribution in [3.63, 3.8) is 0 Å². The molecule has 1 aliphatic heterocycles. The van der Waals surface area contributed by atoms with Crippen LogP contribution in [0.1, 0.15) is 43.4 Å². The summed E-state index contributed by atoms with van der Waals surface area (Å²) in [6.45, 7) is 5.49. The van der Waals surface area contributed by atoms with Crippen molar-refractivity contribution in [1.82, 2.24) is 30.5 Å². The maximum atomic E-state index is 12.5. The SMILES string of the molecule is CC(C)n1cc(C[C@H]2NC(=O)N(CC(=O)N[C@H](C)c3cccs3)C2=O)nn1. The molecule has 0 aromatic carbocycles. The molecule has 1 fully saturated rings. The predicted octanol–water partition coefficient (Wildman–Crippen LogP) is 1.26. The normalized spacial score (nSPS) is 18.1. The van der Waals surface area contributed by atoms with Crippen molar-refractivity contribution in [3.8, 4) is 0 Å². The summed E-state index contributed by atoms with van der Waals surface area (Å²) >= 11 is 1.53. The Morgan fingerprint density at radius 2 is 2.15 bits per heavy atom. The maximum absolute atomic E-state index is 12.5. The van der Waals surface area contributed by atoms with Gasteiger partial charge in [-0.2, -0.15) is 0 Å². The fourth-order valence-corrected chi connectivity index (χ4v) is 3.51. The van der Waals surface area contributed by atoms with Gasteiger partial charge in [-0.15, -0.1) is 16.4 Å². The number of hydrogen-bond donors (Lipinski definition) is 2. The van der Waals surface area contributed by atoms with Gasteiger partial charge in [0.15, 0.2) is 0 Å². The average Bonchev–Trinajstić information content (AvgIpc) is 3.33. The Balaban J connectivity index is 1.57. The van der Waals surface area contributed by atoms with Crippen LogP contribution in [0.25, 0.3) is 0 Å². The molecule has 2 N–H and O–H groups in total. The first-order valence-electron chi connectivity index (χ1n) is 8.70. The minimum Gasteiger partial charge on any atom is -0.347 e. The van der Waals surface area contributed by atoms with E-state index >= 15 is 0 Å². The number of carbonyl (C=O) groups is 3. The van der Waals surface area contributed by atoms with Crippen LogP contribution in [0, 0.1) is 0 Å². The third kappa shape index (κ3) is 4.33. The van der Waals surface area contributed by atoms with Gasteiger partial charge in [-0.05, 0) is 32.2 Å². The van der Waals surface area contributed by atoms with E-state index < -0.39 is 18.0 Å². The van der Waals surface area contributed by atoms with E-state index in [0.29, 0.717) is 5.69 Å². The van der Waals surface area contributed by atoms with Crippen molar-refractivity contribution in [2.45, 2.75) is 45.3 Å². The van der Waals surface area contributed by atoms with Crippen LogP contribution in [0.3, 0.4) is 0 Å². The lowest BCUT2D eigenvalue weighted by atomic mass is 10.1. The highest BCUT2D eigenvalue weighted by Crippen LogP contribution is 2.18. The van der Waals surface area contributed by atoms with Crippen LogP contribution < -0.4 is 10.6 Å². The summed E-state index contributed by atoms with van der Waals surface area (Å²) in [5, 5.41) is 15.4. The number of rotatable bonds is 7. The molecule has 1 aliphatic rings. The fourth-order valence-electron chi connectivity index (χ4n) is 2.77. The van der Waals surface area contributed by atoms with Gasteiger partial charge in [-0.25, -0.2) is 9.48 Å². The molecule has 2 aromatic heterocycles. The largest absolute Gasteiger partial charge is 0.347 e. The molecule has 144 valence electrons. The standard InChI is InChI=1S/C17H22N6O3S/c1-10(2)23-8-12(20-21-23)7-13-16(25)22(17(26)19-13)9-15(24)18-11(3)14-5-4-6-27-14/h4-6,8,10-11,13H,7,9H2,1-3H3,(H,18,24)(H,19,26)/t11-,13-/m1/s1. The van der Waals surface area contributed by atoms with E-state index in [1.165, 1.54) is 11.3 Å². The van der Waals surface area contributed by atoms with Crippen LogP contribution in [-0.4, -0.2) is 50.3 Å². The Labute approximate surface area is 160 Å². The summed E-state index contributed by atoms with van der Waals surface area (Å²) < 4.78 is 1.69. The van der Waals surface area contributed by atoms with Crippen LogP contribution in [-0.2, 0) is 16.0 Å². The molecule has 0 spiro atoms. The number of aromatic nitrogens is 3. The predicted molar refractivity (Wildman–Crippen MR) is 99.0 cm³/mol. The zero-order chi connectivity index (χ0) is 19.6. The van der Waals surface area contributed by atoms with E-state index in [-0.39, 0.29) is 31.0 Å². The van der Waals surface area contributed by atoms with Gasteiger partial charge in [-0.1, -0.05) is 11.3 Å². The Morgan fingerprint density at radius 1 is 1.37 bits per heavy atom. The van der Waals surface area contributed by atoms with Crippen LogP contribution in [0.2, 0.25) is 0 Å². The van der Waals surface area contributed by atoms with Gasteiger partial charge in [0.2, 0.25) is 5.91 Å². The summed E-state index contributed by atoms with van der Waals surface area (Å²) in [5.41, 5.74) is 0.611. The average molecular weight is 390 g/mol. The van der Waals surface area contributed by atoms with Crippen molar-refractivity contribution in [2.24, 2.45) is 0 Å². The van der Waals surface area contributed by atoms with Crippen LogP contribution in [0.4, 0.5) is 4.79 Å². The summed E-state index contributed by atoms with van der Waals surface area (Å²) in [6, 6.07) is 2.49. The molecule has 0 saturated carbocycles. The van der Waals surface area contributed by atoms with Crippen LogP contribution >= 0.6 is 11.3 Å². The third-order valence-electron chi connectivity index (χ3n) is 4.26. The number of carbonyl (C=O) groups excluding carboxylic acids is 3. The molecular formula is C17H22N6O3S. The molecule has 1 saturated heterocycles. The molecule has 9 nitrogen and oxygen atoms in total. The van der Waals surface area contributed by atoms with Crippen molar-refractivity contribution in [3.05, 3.63) is 34.3 Å². The number of hydrogen-bond acceptors (Lipinski definition) is 6. The van der Waals surface area contributed by atoms with Crippen molar-refractivity contribution in [2.75, 3.05) is 6.54 Å². The molecule has 27 heavy (non-hydrogen) atoms. The van der Waals surface area contributed by atoms with Gasteiger partial charge in [-0.3, -0.25) is 14.5 Å². The molecule has 3 rings (SSSR count). The molecule has 0 radical (unpaired) electrons. The van der Waals surface area contributed by atoms with Crippen molar-refractivity contribution in [1.29, 1.82) is 0 Å². The van der Waals surface area contributed by atoms with Crippen LogP contribution in [0.5, 0.6) is 0 Å². The van der Waals surface area contributed by atoms with Gasteiger partial charge >= 0.3 is 6.03 Å².